The summed E-state index contributed by atoms with van der Waals surface area (Å²) < 4.78 is 25.1. The molecular formula is C20H23FN6O2. The van der Waals surface area contributed by atoms with Crippen molar-refractivity contribution in [1.82, 2.24) is 19.9 Å². The minimum atomic E-state index is -0.654. The van der Waals surface area contributed by atoms with E-state index in [4.69, 9.17) is 20.9 Å². The number of nitrogens with zero attached hydrogens (tertiary/aromatic N) is 3. The van der Waals surface area contributed by atoms with Gasteiger partial charge in [0, 0.05) is 23.7 Å². The van der Waals surface area contributed by atoms with Gasteiger partial charge in [-0.15, -0.1) is 0 Å². The second kappa shape index (κ2) is 7.96. The Balaban J connectivity index is 1.74. The summed E-state index contributed by atoms with van der Waals surface area (Å²) in [5.41, 5.74) is 13.9. The number of H-pyrrole nitrogens is 1. The van der Waals surface area contributed by atoms with E-state index in [1.165, 1.54) is 12.1 Å². The fourth-order valence-electron chi connectivity index (χ4n) is 3.06. The number of aromatic amines is 1. The van der Waals surface area contributed by atoms with E-state index in [-0.39, 0.29) is 17.8 Å². The van der Waals surface area contributed by atoms with E-state index in [0.29, 0.717) is 48.5 Å². The van der Waals surface area contributed by atoms with E-state index in [0.717, 1.165) is 5.56 Å². The van der Waals surface area contributed by atoms with Gasteiger partial charge in [-0.3, -0.25) is 0 Å². The summed E-state index contributed by atoms with van der Waals surface area (Å²) in [7, 11) is 0. The first-order chi connectivity index (χ1) is 14.0. The largest absolute Gasteiger partial charge is 0.345 e. The first kappa shape index (κ1) is 19.6. The maximum absolute atomic E-state index is 13.4. The lowest BCUT2D eigenvalue weighted by Crippen LogP contribution is -2.42. The highest BCUT2D eigenvalue weighted by molar-refractivity contribution is 5.76. The van der Waals surface area contributed by atoms with Crippen molar-refractivity contribution in [1.29, 1.82) is 0 Å². The Kier molecular flexibility index (Phi) is 5.37. The lowest BCUT2D eigenvalue weighted by atomic mass is 9.93. The van der Waals surface area contributed by atoms with Crippen molar-refractivity contribution >= 4 is 0 Å². The van der Waals surface area contributed by atoms with Crippen molar-refractivity contribution < 1.29 is 13.9 Å². The van der Waals surface area contributed by atoms with E-state index >= 15 is 0 Å². The monoisotopic (exact) mass is 398 g/mol. The van der Waals surface area contributed by atoms with Gasteiger partial charge in [-0.1, -0.05) is 6.92 Å². The molecule has 1 fully saturated rings. The topological polar surface area (TPSA) is 125 Å². The molecule has 0 atom stereocenters. The highest BCUT2D eigenvalue weighted by Gasteiger charge is 2.34. The van der Waals surface area contributed by atoms with Gasteiger partial charge in [-0.25, -0.2) is 19.3 Å². The average molecular weight is 398 g/mol. The highest BCUT2D eigenvalue weighted by atomic mass is 19.1. The molecule has 5 N–H and O–H groups in total. The van der Waals surface area contributed by atoms with E-state index in [9.17, 15) is 4.39 Å². The first-order valence-electron chi connectivity index (χ1n) is 9.33. The molecule has 0 unspecified atom stereocenters. The van der Waals surface area contributed by atoms with Gasteiger partial charge in [0.15, 0.2) is 5.82 Å². The van der Waals surface area contributed by atoms with Crippen molar-refractivity contribution in [3.63, 3.8) is 0 Å². The van der Waals surface area contributed by atoms with Crippen LogP contribution < -0.4 is 11.5 Å². The van der Waals surface area contributed by atoms with Crippen LogP contribution in [0.4, 0.5) is 4.39 Å². The molecule has 0 bridgehead atoms. The van der Waals surface area contributed by atoms with Crippen molar-refractivity contribution in [2.24, 2.45) is 16.9 Å². The molecule has 2 aromatic heterocycles. The molecule has 1 aromatic carbocycles. The average Bonchev–Trinajstić information content (AvgIpc) is 3.20. The maximum atomic E-state index is 13.4. The van der Waals surface area contributed by atoms with Crippen LogP contribution >= 0.6 is 0 Å². The van der Waals surface area contributed by atoms with Gasteiger partial charge < -0.3 is 25.9 Å². The van der Waals surface area contributed by atoms with E-state index in [1.807, 2.05) is 6.92 Å². The normalized spacial score (nSPS) is 22.0. The molecule has 0 amide bonds. The third-order valence-electron chi connectivity index (χ3n) is 4.87. The minimum Gasteiger partial charge on any atom is -0.345 e. The molecule has 9 heteroatoms. The fraction of sp³-hybridized carbons (Fsp3) is 0.350. The molecule has 1 aliphatic rings. The predicted octanol–water partition coefficient (Wildman–Crippen LogP) is 2.14. The number of nitrogens with one attached hydrogen (secondary N) is 1. The summed E-state index contributed by atoms with van der Waals surface area (Å²) in [5.74, 6) is 0.692. The Morgan fingerprint density at radius 2 is 1.86 bits per heavy atom. The molecule has 3 heterocycles. The van der Waals surface area contributed by atoms with Gasteiger partial charge >= 0.3 is 0 Å². The smallest absolute Gasteiger partial charge is 0.217 e. The van der Waals surface area contributed by atoms with E-state index in [1.54, 1.807) is 24.4 Å². The van der Waals surface area contributed by atoms with Crippen LogP contribution in [0.25, 0.3) is 22.6 Å². The number of hydrogen-bond acceptors (Lipinski definition) is 7. The third kappa shape index (κ3) is 4.03. The lowest BCUT2D eigenvalue weighted by Gasteiger charge is -2.35. The molecule has 0 radical (unpaired) electrons. The number of rotatable bonds is 5. The molecular weight excluding hydrogens is 375 g/mol. The van der Waals surface area contributed by atoms with Gasteiger partial charge in [0.2, 0.25) is 6.29 Å². The van der Waals surface area contributed by atoms with Gasteiger partial charge in [0.25, 0.3) is 0 Å². The Hall–Kier alpha value is -2.72. The molecule has 0 aliphatic carbocycles. The molecule has 0 saturated carbocycles. The molecule has 4 rings (SSSR count). The summed E-state index contributed by atoms with van der Waals surface area (Å²) in [5, 5.41) is 0. The molecule has 0 spiro atoms. The summed E-state index contributed by atoms with van der Waals surface area (Å²) in [6.45, 7) is 3.61. The maximum Gasteiger partial charge on any atom is 0.217 e. The van der Waals surface area contributed by atoms with Crippen LogP contribution in [0.15, 0.2) is 36.5 Å². The van der Waals surface area contributed by atoms with Crippen molar-refractivity contribution in [3.05, 3.63) is 54.0 Å². The number of imidazole rings is 1. The van der Waals surface area contributed by atoms with E-state index < -0.39 is 6.29 Å². The zero-order valence-electron chi connectivity index (χ0n) is 16.1. The van der Waals surface area contributed by atoms with Crippen molar-refractivity contribution in [2.45, 2.75) is 19.8 Å². The standard InChI is InChI=1S/C20H23FN6O2/c1-20(9-23)10-28-19(29-11-20)18-26-16(12-2-4-13(21)5-3-12)17(27-18)14-6-7-24-15(8-22)25-14/h2-7,19H,8-11,22-23H2,1H3,(H,26,27). The molecule has 1 aliphatic heterocycles. The van der Waals surface area contributed by atoms with Crippen LogP contribution in [0.2, 0.25) is 0 Å². The first-order valence-corrected chi connectivity index (χ1v) is 9.33. The summed E-state index contributed by atoms with van der Waals surface area (Å²) in [6, 6.07) is 7.87. The molecule has 3 aromatic rings. The Bertz CT molecular complexity index is 983. The SMILES string of the molecule is CC1(CN)COC(c2nc(-c3ccc(F)cc3)c(-c3ccnc(CN)n3)[nH]2)OC1. The zero-order valence-corrected chi connectivity index (χ0v) is 16.1. The van der Waals surface area contributed by atoms with Gasteiger partial charge in [0.1, 0.15) is 11.6 Å². The molecule has 8 nitrogen and oxygen atoms in total. The number of aromatic nitrogens is 4. The number of benzene rings is 1. The zero-order chi connectivity index (χ0) is 20.4. The van der Waals surface area contributed by atoms with Gasteiger partial charge in [0.05, 0.1) is 36.8 Å². The Morgan fingerprint density at radius 1 is 1.14 bits per heavy atom. The second-order valence-corrected chi connectivity index (χ2v) is 7.38. The van der Waals surface area contributed by atoms with Crippen molar-refractivity contribution in [3.8, 4) is 22.6 Å². The number of ether oxygens (including phenoxy) is 2. The van der Waals surface area contributed by atoms with Crippen LogP contribution in [0, 0.1) is 11.2 Å². The highest BCUT2D eigenvalue weighted by Crippen LogP contribution is 2.34. The summed E-state index contributed by atoms with van der Waals surface area (Å²) >= 11 is 0. The number of hydrogen-bond donors (Lipinski definition) is 3. The third-order valence-corrected chi connectivity index (χ3v) is 4.87. The lowest BCUT2D eigenvalue weighted by molar-refractivity contribution is -0.231. The van der Waals surface area contributed by atoms with E-state index in [2.05, 4.69) is 19.9 Å². The number of nitrogens with two attached hydrogens (primary N) is 2. The van der Waals surface area contributed by atoms with Crippen LogP contribution in [-0.2, 0) is 16.0 Å². The summed E-state index contributed by atoms with van der Waals surface area (Å²) in [4.78, 5) is 16.6. The number of halogens is 1. The molecule has 152 valence electrons. The van der Waals surface area contributed by atoms with Crippen molar-refractivity contribution in [2.75, 3.05) is 19.8 Å². The van der Waals surface area contributed by atoms with Gasteiger partial charge in [-0.05, 0) is 30.3 Å². The molecule has 29 heavy (non-hydrogen) atoms. The quantitative estimate of drug-likeness (QED) is 0.601. The Labute approximate surface area is 167 Å². The van der Waals surface area contributed by atoms with Crippen LogP contribution in [0.1, 0.15) is 24.9 Å². The fourth-order valence-corrected chi connectivity index (χ4v) is 3.06. The van der Waals surface area contributed by atoms with Gasteiger partial charge in [-0.2, -0.15) is 0 Å². The predicted molar refractivity (Wildman–Crippen MR) is 105 cm³/mol. The van der Waals surface area contributed by atoms with Crippen LogP contribution in [0.3, 0.4) is 0 Å². The second-order valence-electron chi connectivity index (χ2n) is 7.38. The minimum absolute atomic E-state index is 0.216. The molecule has 1 saturated heterocycles. The van der Waals surface area contributed by atoms with Crippen LogP contribution in [0.5, 0.6) is 0 Å². The van der Waals surface area contributed by atoms with Crippen LogP contribution in [-0.4, -0.2) is 39.7 Å². The summed E-state index contributed by atoms with van der Waals surface area (Å²) in [6.07, 6.45) is 0.984. The Morgan fingerprint density at radius 3 is 2.52 bits per heavy atom.